The van der Waals surface area contributed by atoms with E-state index < -0.39 is 29.8 Å². The number of aldehydes is 1. The Bertz CT molecular complexity index is 4440. The summed E-state index contributed by atoms with van der Waals surface area (Å²) in [6.07, 6.45) is 26.3. The van der Waals surface area contributed by atoms with Gasteiger partial charge >= 0.3 is 35.8 Å². The molecule has 0 bridgehead atoms. The Balaban J connectivity index is 0.000000444. The van der Waals surface area contributed by atoms with Gasteiger partial charge in [-0.3, -0.25) is 19.7 Å². The van der Waals surface area contributed by atoms with Crippen molar-refractivity contribution in [3.05, 3.63) is 192 Å². The number of aromatic nitrogens is 8. The summed E-state index contributed by atoms with van der Waals surface area (Å²) >= 11 is 0. The van der Waals surface area contributed by atoms with Gasteiger partial charge in [-0.1, -0.05) is 73.3 Å². The molecule has 10 aromatic rings. The Hall–Kier alpha value is -8.93. The number of benzene rings is 6. The number of anilines is 8. The van der Waals surface area contributed by atoms with E-state index in [9.17, 15) is 33.6 Å². The Morgan fingerprint density at radius 1 is 0.462 bits per heavy atom. The Kier molecular flexibility index (Phi) is 43.1. The smallest absolute Gasteiger partial charge is 0.356 e. The molecule has 2 aliphatic carbocycles. The molecule has 17 N–H and O–H groups in total. The molecule has 0 atom stereocenters. The van der Waals surface area contributed by atoms with Crippen LogP contribution in [0.2, 0.25) is 0 Å². The predicted molar refractivity (Wildman–Crippen MR) is 379 cm³/mol. The number of nitrogen functional groups attached to an aromatic ring is 5. The van der Waals surface area contributed by atoms with Gasteiger partial charge in [0.1, 0.15) is 0 Å². The zero-order valence-electron chi connectivity index (χ0n) is 57.5. The molecule has 2 saturated carbocycles. The molecule has 1 amide bonds. The van der Waals surface area contributed by atoms with E-state index in [0.29, 0.717) is 91.2 Å². The molecule has 0 aliphatic heterocycles. The van der Waals surface area contributed by atoms with Crippen molar-refractivity contribution in [2.45, 2.75) is 90.1 Å². The van der Waals surface area contributed by atoms with Crippen LogP contribution in [-0.2, 0) is 150 Å². The number of aromatic carboxylic acids is 4. The van der Waals surface area contributed by atoms with Crippen LogP contribution in [0.3, 0.4) is 0 Å². The van der Waals surface area contributed by atoms with E-state index in [0.717, 1.165) is 36.7 Å². The molecule has 6 aromatic carbocycles. The van der Waals surface area contributed by atoms with Crippen molar-refractivity contribution in [3.8, 4) is 0 Å². The van der Waals surface area contributed by atoms with Crippen LogP contribution in [0.25, 0.3) is 33.1 Å². The van der Waals surface area contributed by atoms with Gasteiger partial charge in [-0.15, -0.1) is 36.8 Å². The molecule has 2 fully saturated rings. The van der Waals surface area contributed by atoms with Crippen molar-refractivity contribution < 1.29 is 204 Å². The van der Waals surface area contributed by atoms with E-state index in [-0.39, 0.29) is 190 Å². The average Bonchev–Trinajstić information content (AvgIpc) is 0.840. The van der Waals surface area contributed by atoms with Gasteiger partial charge in [0, 0.05) is 177 Å². The minimum Gasteiger partial charge on any atom is -0.534 e. The maximum absolute atomic E-state index is 13.0. The zero-order valence-corrected chi connectivity index (χ0v) is 68.8. The third-order valence-corrected chi connectivity index (χ3v) is 14.7. The number of carbonyl (C=O) groups excluding carboxylic acids is 5. The molecule has 31 nitrogen and oxygen atoms in total. The van der Waals surface area contributed by atoms with Crippen LogP contribution in [0.4, 0.5) is 45.8 Å². The number of amides is 1. The average molecular weight is 1750 g/mol. The minimum absolute atomic E-state index is 0. The van der Waals surface area contributed by atoms with Gasteiger partial charge in [0.25, 0.3) is 5.91 Å². The SMILES string of the molecule is CCOC(=O)c1ccc(NC2CCCCC2)c(N)c1.CCOC(=O)c1ccc(NC2CCCCC2)c(NC(=O)c2ccc3n[c-]cnc3c2)c1.Nc1ccc(C(=O)O)cc1N.Nc1ncc(C(=O)O)nc1N.O=C(O)c1ccc2n[c-]cnc2c1.O=C(O)c1ccc2nc[c-]nc2c1.O=[C-]C=O.[Y].[Y].[Y].[Y]. The summed E-state index contributed by atoms with van der Waals surface area (Å²) in [7, 11) is 0. The Labute approximate surface area is 708 Å². The largest absolute Gasteiger partial charge is 0.534 e. The van der Waals surface area contributed by atoms with Gasteiger partial charge in [-0.2, -0.15) is 6.29 Å². The summed E-state index contributed by atoms with van der Waals surface area (Å²) in [6, 6.07) is 29.9. The molecule has 4 heterocycles. The van der Waals surface area contributed by atoms with Crippen LogP contribution in [0.1, 0.15) is 151 Å². The summed E-state index contributed by atoms with van der Waals surface area (Å²) in [5.41, 5.74) is 36.1. The minimum atomic E-state index is -1.18. The first kappa shape index (κ1) is 93.1. The second-order valence-electron chi connectivity index (χ2n) is 21.8. The Morgan fingerprint density at radius 3 is 1.33 bits per heavy atom. The van der Waals surface area contributed by atoms with Gasteiger partial charge in [0.15, 0.2) is 17.3 Å². The van der Waals surface area contributed by atoms with Gasteiger partial charge in [-0.25, -0.2) is 38.7 Å². The van der Waals surface area contributed by atoms with Gasteiger partial charge < -0.3 is 99.1 Å². The van der Waals surface area contributed by atoms with Crippen LogP contribution < -0.4 is 44.6 Å². The molecule has 4 aromatic heterocycles. The van der Waals surface area contributed by atoms with E-state index in [4.69, 9.17) is 68.2 Å². The molecular weight excluding hydrogens is 1670 g/mol. The number of esters is 2. The number of carbonyl (C=O) groups is 8. The van der Waals surface area contributed by atoms with Crippen LogP contribution in [0, 0.1) is 18.6 Å². The number of hydrogen-bond acceptors (Lipinski definition) is 26. The third-order valence-electron chi connectivity index (χ3n) is 14.7. The number of nitrogens with one attached hydrogen (secondary N) is 3. The normalized spacial score (nSPS) is 11.7. The molecule has 0 unspecified atom stereocenters. The summed E-state index contributed by atoms with van der Waals surface area (Å²) in [6.45, 7) is 4.22. The molecule has 35 heteroatoms. The first-order chi connectivity index (χ1) is 49.0. The summed E-state index contributed by atoms with van der Waals surface area (Å²) in [5, 5.41) is 44.2. The van der Waals surface area contributed by atoms with Crippen LogP contribution in [0.15, 0.2) is 134 Å². The first-order valence-corrected chi connectivity index (χ1v) is 31.4. The molecule has 542 valence electrons. The molecule has 12 rings (SSSR count). The van der Waals surface area contributed by atoms with Gasteiger partial charge in [-0.05, 0) is 131 Å². The van der Waals surface area contributed by atoms with Gasteiger partial charge in [0.05, 0.1) is 75.8 Å². The van der Waals surface area contributed by atoms with Crippen LogP contribution in [0.5, 0.6) is 0 Å². The third kappa shape index (κ3) is 30.5. The van der Waals surface area contributed by atoms with Crippen molar-refractivity contribution >= 4 is 133 Å². The summed E-state index contributed by atoms with van der Waals surface area (Å²) in [5.74, 6) is -5.16. The number of carboxylic acid groups (broad SMARTS) is 4. The van der Waals surface area contributed by atoms with E-state index >= 15 is 0 Å². The zero-order chi connectivity index (χ0) is 74.1. The van der Waals surface area contributed by atoms with Crippen LogP contribution >= 0.6 is 0 Å². The number of fused-ring (bicyclic) bond motifs is 3. The van der Waals surface area contributed by atoms with Crippen molar-refractivity contribution in [3.63, 3.8) is 0 Å². The van der Waals surface area contributed by atoms with E-state index in [1.807, 2.05) is 12.1 Å². The first-order valence-electron chi connectivity index (χ1n) is 31.4. The molecule has 4 radical (unpaired) electrons. The second kappa shape index (κ2) is 49.0. The molecule has 2 aliphatic rings. The summed E-state index contributed by atoms with van der Waals surface area (Å²) < 4.78 is 10.1. The van der Waals surface area contributed by atoms with E-state index in [1.165, 1.54) is 112 Å². The number of nitrogens with zero attached hydrogens (tertiary/aromatic N) is 8. The van der Waals surface area contributed by atoms with Crippen molar-refractivity contribution in [1.82, 2.24) is 39.9 Å². The van der Waals surface area contributed by atoms with Crippen molar-refractivity contribution in [1.29, 1.82) is 0 Å². The second-order valence-corrected chi connectivity index (χ2v) is 21.8. The summed E-state index contributed by atoms with van der Waals surface area (Å²) in [4.78, 5) is 127. The van der Waals surface area contributed by atoms with Crippen LogP contribution in [-0.4, -0.2) is 140 Å². The number of ether oxygens (including phenoxy) is 2. The van der Waals surface area contributed by atoms with Gasteiger partial charge in [0.2, 0.25) is 0 Å². The molecule has 0 spiro atoms. The molecule has 0 saturated heterocycles. The van der Waals surface area contributed by atoms with E-state index in [1.54, 1.807) is 68.4 Å². The molecular formula is C71H72N16O15Y4-4. The fourth-order valence-electron chi connectivity index (χ4n) is 9.66. The van der Waals surface area contributed by atoms with E-state index in [2.05, 4.69) is 74.4 Å². The number of hydrogen-bond donors (Lipinski definition) is 12. The maximum atomic E-state index is 13.0. The number of nitrogens with two attached hydrogens (primary N) is 5. The molecule has 106 heavy (non-hydrogen) atoms. The van der Waals surface area contributed by atoms with Crippen molar-refractivity contribution in [2.24, 2.45) is 0 Å². The number of rotatable bonds is 15. The topological polar surface area (TPSA) is 522 Å². The Morgan fingerprint density at radius 2 is 0.868 bits per heavy atom. The monoisotopic (exact) mass is 1740 g/mol. The standard InChI is InChI=1S/C24H25N4O3.C15H22N2O2.2C9H5N2O2.C7H8N2O2.C5H6N4O2.C2HO2.4Y/c1-2-31-24(30)17-9-11-20(27-18-6-4-3-5-7-18)22(15-17)28-23(29)16-8-10-19-21(14-16)26-13-12-25-19;1-2-19-15(18)11-8-9-14(13(16)10-11)17-12-6-4-3-5-7-12;2*12-9(13)6-1-2-7-8(5-6)11-4-3-10-7;8-5-2-1-4(7(10)11)3-6(5)9;6-3-4(7)9-2(1-8-3)5(10)11;3-1-2-4;;;;/h8-11,13-15,18,27H,2-7H2,1H3,(H,28,29);8-10,12,17H,2-7,16H2,1H3;1-2,4-5H,(H,12,13);1-3,5H,(H,12,13);1-3H,8-9H2,(H,10,11);1H,(H2,6,8)(H2,7,9)(H,10,11);1H;;;;/q-1;;2*-1;;;-1;;;;. The maximum Gasteiger partial charge on any atom is 0.356 e. The number of carboxylic acids is 4. The predicted octanol–water partition coefficient (Wildman–Crippen LogP) is 9.22. The van der Waals surface area contributed by atoms with Crippen molar-refractivity contribution in [2.75, 3.05) is 57.8 Å². The quantitative estimate of drug-likeness (QED) is 0.0149. The fourth-order valence-corrected chi connectivity index (χ4v) is 9.66. The fraction of sp³-hybridized carbons (Fsp3) is 0.225.